The van der Waals surface area contributed by atoms with Gasteiger partial charge in [-0.3, -0.25) is 0 Å². The molecule has 124 valence electrons. The predicted octanol–water partition coefficient (Wildman–Crippen LogP) is 5.15. The Bertz CT molecular complexity index is 554. The van der Waals surface area contributed by atoms with Crippen LogP contribution in [-0.2, 0) is 0 Å². The van der Waals surface area contributed by atoms with Gasteiger partial charge in [0, 0.05) is 19.0 Å². The lowest BCUT2D eigenvalue weighted by Gasteiger charge is -2.18. The Balaban J connectivity index is 3.11. The lowest BCUT2D eigenvalue weighted by Crippen LogP contribution is -2.35. The first-order valence-corrected chi connectivity index (χ1v) is 7.09. The maximum absolute atomic E-state index is 12.8. The van der Waals surface area contributed by atoms with Crippen LogP contribution in [0.25, 0.3) is 0 Å². The maximum Gasteiger partial charge on any atom is 0.449 e. The van der Waals surface area contributed by atoms with Gasteiger partial charge in [0.25, 0.3) is 0 Å². The average Bonchev–Trinajstić information content (AvgIpc) is 2.33. The topological polar surface area (TPSA) is 15.6 Å². The van der Waals surface area contributed by atoms with E-state index < -0.39 is 23.9 Å². The van der Waals surface area contributed by atoms with Crippen molar-refractivity contribution in [2.45, 2.75) is 17.2 Å². The number of amidine groups is 1. The third-order valence-corrected chi connectivity index (χ3v) is 3.78. The van der Waals surface area contributed by atoms with E-state index in [1.807, 2.05) is 0 Å². The molecule has 0 radical (unpaired) electrons. The number of hydrogen-bond donors (Lipinski definition) is 0. The molecule has 0 saturated heterocycles. The van der Waals surface area contributed by atoms with Crippen LogP contribution in [0.15, 0.2) is 28.1 Å². The lowest BCUT2D eigenvalue weighted by molar-refractivity contribution is -0.105. The van der Waals surface area contributed by atoms with E-state index in [4.69, 9.17) is 11.6 Å². The summed E-state index contributed by atoms with van der Waals surface area (Å²) >= 11 is 6.13. The Morgan fingerprint density at radius 3 is 2.23 bits per heavy atom. The molecule has 0 atom stereocenters. The minimum atomic E-state index is -4.68. The first-order chi connectivity index (χ1) is 9.90. The van der Waals surface area contributed by atoms with E-state index in [2.05, 4.69) is 4.99 Å². The normalized spacial score (nSPS) is 13.4. The lowest BCUT2D eigenvalue weighted by atomic mass is 10.3. The number of rotatable bonds is 3. The third-order valence-electron chi connectivity index (χ3n) is 2.22. The highest BCUT2D eigenvalue weighted by Crippen LogP contribution is 2.35. The monoisotopic (exact) mass is 364 g/mol. The minimum Gasteiger partial charge on any atom is -0.359 e. The molecule has 0 heterocycles. The Kier molecular flexibility index (Phi) is 6.03. The zero-order valence-electron chi connectivity index (χ0n) is 11.4. The molecule has 10 heteroatoms. The molecule has 0 bridgehead atoms. The summed E-state index contributed by atoms with van der Waals surface area (Å²) in [4.78, 5) is 4.23. The largest absolute Gasteiger partial charge is 0.449 e. The Hall–Kier alpha value is -1.09. The molecule has 1 aromatic carbocycles. The van der Waals surface area contributed by atoms with Gasteiger partial charge >= 0.3 is 12.4 Å². The molecule has 0 aliphatic carbocycles. The summed E-state index contributed by atoms with van der Waals surface area (Å²) in [6.45, 7) is 0. The van der Waals surface area contributed by atoms with Crippen molar-refractivity contribution in [1.29, 1.82) is 0 Å². The van der Waals surface area contributed by atoms with Crippen molar-refractivity contribution in [2.75, 3.05) is 19.8 Å². The second-order valence-corrected chi connectivity index (χ2v) is 5.77. The molecule has 1 aromatic rings. The number of nitrogens with zero attached hydrogens (tertiary/aromatic N) is 2. The highest BCUT2D eigenvalue weighted by Gasteiger charge is 2.37. The number of thioether (sulfide) groups is 1. The van der Waals surface area contributed by atoms with Gasteiger partial charge in [-0.25, -0.2) is 4.99 Å². The van der Waals surface area contributed by atoms with Gasteiger partial charge in [-0.2, -0.15) is 26.3 Å². The molecule has 0 unspecified atom stereocenters. The molecule has 0 spiro atoms. The minimum absolute atomic E-state index is 0.0144. The van der Waals surface area contributed by atoms with E-state index >= 15 is 0 Å². The van der Waals surface area contributed by atoms with Crippen LogP contribution in [0, 0.1) is 0 Å². The van der Waals surface area contributed by atoms with Crippen molar-refractivity contribution in [3.63, 3.8) is 0 Å². The maximum atomic E-state index is 12.8. The average molecular weight is 365 g/mol. The fourth-order valence-corrected chi connectivity index (χ4v) is 2.38. The van der Waals surface area contributed by atoms with Gasteiger partial charge in [0.05, 0.1) is 16.5 Å². The first-order valence-electron chi connectivity index (χ1n) is 5.72. The molecule has 1 rings (SSSR count). The number of hydrogen-bond acceptors (Lipinski definition) is 2. The van der Waals surface area contributed by atoms with Crippen molar-refractivity contribution in [3.05, 3.63) is 23.2 Å². The molecule has 0 aromatic heterocycles. The van der Waals surface area contributed by atoms with Gasteiger partial charge < -0.3 is 4.90 Å². The molecule has 22 heavy (non-hydrogen) atoms. The van der Waals surface area contributed by atoms with E-state index in [9.17, 15) is 26.3 Å². The van der Waals surface area contributed by atoms with Crippen LogP contribution in [0.2, 0.25) is 5.02 Å². The van der Waals surface area contributed by atoms with Crippen molar-refractivity contribution < 1.29 is 26.3 Å². The molecule has 0 N–H and O–H groups in total. The van der Waals surface area contributed by atoms with Crippen LogP contribution in [-0.4, -0.2) is 42.9 Å². The number of benzene rings is 1. The molecule has 2 nitrogen and oxygen atoms in total. The van der Waals surface area contributed by atoms with Gasteiger partial charge in [0.15, 0.2) is 0 Å². The summed E-state index contributed by atoms with van der Waals surface area (Å²) in [6, 6.07) is 3.51. The Labute approximate surface area is 132 Å². The fourth-order valence-electron chi connectivity index (χ4n) is 1.37. The van der Waals surface area contributed by atoms with Crippen molar-refractivity contribution in [1.82, 2.24) is 4.90 Å². The Morgan fingerprint density at radius 2 is 1.77 bits per heavy atom. The van der Waals surface area contributed by atoms with Crippen molar-refractivity contribution in [3.8, 4) is 0 Å². The molecule has 0 fully saturated rings. The van der Waals surface area contributed by atoms with Crippen LogP contribution in [0.3, 0.4) is 0 Å². The molecule has 0 aliphatic heterocycles. The number of alkyl halides is 6. The summed E-state index contributed by atoms with van der Waals surface area (Å²) in [5.41, 5.74) is -0.130. The van der Waals surface area contributed by atoms with E-state index in [1.165, 1.54) is 26.2 Å². The third kappa shape index (κ3) is 5.96. The predicted molar refractivity (Wildman–Crippen MR) is 75.1 cm³/mol. The van der Waals surface area contributed by atoms with Crippen LogP contribution < -0.4 is 0 Å². The van der Waals surface area contributed by atoms with Crippen molar-refractivity contribution >= 4 is 34.9 Å². The molecule has 0 amide bonds. The SMILES string of the molecule is CN(C)C(=Nc1ccc(Cl)c(SCC(F)(F)F)c1)C(F)(F)F. The zero-order valence-corrected chi connectivity index (χ0v) is 13.0. The number of aliphatic imine (C=N–C) groups is 1. The van der Waals surface area contributed by atoms with E-state index in [0.29, 0.717) is 11.8 Å². The van der Waals surface area contributed by atoms with Crippen molar-refractivity contribution in [2.24, 2.45) is 4.99 Å². The highest BCUT2D eigenvalue weighted by atomic mass is 35.5. The quantitative estimate of drug-likeness (QED) is 0.319. The second-order valence-electron chi connectivity index (χ2n) is 4.35. The summed E-state index contributed by atoms with van der Waals surface area (Å²) in [5, 5.41) is 0.0200. The zero-order chi connectivity index (χ0) is 17.1. The molecular weight excluding hydrogens is 354 g/mol. The number of halogens is 7. The summed E-state index contributed by atoms with van der Waals surface area (Å²) in [6.07, 6.45) is -9.09. The van der Waals surface area contributed by atoms with E-state index in [-0.39, 0.29) is 15.6 Å². The second kappa shape index (κ2) is 6.99. The smallest absolute Gasteiger partial charge is 0.359 e. The standard InChI is InChI=1S/C12H11ClF6N2S/c1-21(2)10(12(17,18)19)20-7-3-4-8(13)9(5-7)22-6-11(14,15)16/h3-5H,6H2,1-2H3. The summed E-state index contributed by atoms with van der Waals surface area (Å²) in [5.74, 6) is -2.36. The first kappa shape index (κ1) is 19.0. The molecule has 0 saturated carbocycles. The Morgan fingerprint density at radius 1 is 1.18 bits per heavy atom. The van der Waals surface area contributed by atoms with Gasteiger partial charge in [-0.1, -0.05) is 11.6 Å². The van der Waals surface area contributed by atoms with Gasteiger partial charge in [-0.05, 0) is 18.2 Å². The molecule has 0 aliphatic rings. The van der Waals surface area contributed by atoms with Crippen LogP contribution in [0.4, 0.5) is 32.0 Å². The van der Waals surface area contributed by atoms with Crippen LogP contribution in [0.5, 0.6) is 0 Å². The van der Waals surface area contributed by atoms with Crippen LogP contribution >= 0.6 is 23.4 Å². The van der Waals surface area contributed by atoms with E-state index in [1.54, 1.807) is 0 Å². The summed E-state index contributed by atoms with van der Waals surface area (Å²) in [7, 11) is 2.34. The van der Waals surface area contributed by atoms with Gasteiger partial charge in [0.1, 0.15) is 0 Å². The van der Waals surface area contributed by atoms with E-state index in [0.717, 1.165) is 11.0 Å². The summed E-state index contributed by atoms with van der Waals surface area (Å²) < 4.78 is 75.0. The van der Waals surface area contributed by atoms with Crippen LogP contribution in [0.1, 0.15) is 0 Å². The molecular formula is C12H11ClF6N2S. The highest BCUT2D eigenvalue weighted by molar-refractivity contribution is 7.99. The van der Waals surface area contributed by atoms with Gasteiger partial charge in [-0.15, -0.1) is 11.8 Å². The van der Waals surface area contributed by atoms with Gasteiger partial charge in [0.2, 0.25) is 5.84 Å². The fraction of sp³-hybridized carbons (Fsp3) is 0.417.